The van der Waals surface area contributed by atoms with Crippen LogP contribution >= 0.6 is 0 Å². The van der Waals surface area contributed by atoms with Crippen molar-refractivity contribution in [2.75, 3.05) is 43.0 Å². The number of nitro benzene ring substituents is 1. The number of hydrogen-bond donors (Lipinski definition) is 1. The van der Waals surface area contributed by atoms with Crippen molar-refractivity contribution in [1.29, 1.82) is 0 Å². The fraction of sp³-hybridized carbons (Fsp3) is 0.520. The zero-order valence-electron chi connectivity index (χ0n) is 21.2. The van der Waals surface area contributed by atoms with Crippen LogP contribution in [-0.2, 0) is 21.9 Å². The molecule has 4 rings (SSSR count). The van der Waals surface area contributed by atoms with Crippen molar-refractivity contribution >= 4 is 23.0 Å². The SMILES string of the molecule is O=C(CO[C@H]1CC[C@H](Nc2ccc([N+](=O)[O-])c(C(F)(F)F)c2)CC1)N1CCN(c2ccc(C(F)(F)F)nc2)CC1. The first-order chi connectivity index (χ1) is 18.8. The Hall–Kier alpha value is -3.62. The molecule has 0 radical (unpaired) electrons. The second kappa shape index (κ2) is 11.9. The Morgan fingerprint density at radius 3 is 2.23 bits per heavy atom. The number of nitro groups is 1. The third-order valence-corrected chi connectivity index (χ3v) is 7.02. The van der Waals surface area contributed by atoms with Gasteiger partial charge in [0.2, 0.25) is 5.91 Å². The Morgan fingerprint density at radius 1 is 1.00 bits per heavy atom. The summed E-state index contributed by atoms with van der Waals surface area (Å²) in [4.78, 5) is 29.5. The summed E-state index contributed by atoms with van der Waals surface area (Å²) in [5, 5.41) is 13.9. The monoisotopic (exact) mass is 575 g/mol. The van der Waals surface area contributed by atoms with E-state index >= 15 is 0 Å². The molecule has 1 amide bonds. The third-order valence-electron chi connectivity index (χ3n) is 7.02. The topological polar surface area (TPSA) is 101 Å². The van der Waals surface area contributed by atoms with Gasteiger partial charge in [0.25, 0.3) is 5.69 Å². The number of aromatic nitrogens is 1. The van der Waals surface area contributed by atoms with E-state index in [9.17, 15) is 41.3 Å². The van der Waals surface area contributed by atoms with E-state index in [2.05, 4.69) is 10.3 Å². The van der Waals surface area contributed by atoms with Crippen LogP contribution in [0.3, 0.4) is 0 Å². The van der Waals surface area contributed by atoms with Gasteiger partial charge in [-0.15, -0.1) is 0 Å². The van der Waals surface area contributed by atoms with Crippen molar-refractivity contribution < 1.29 is 40.8 Å². The Kier molecular flexibility index (Phi) is 8.71. The van der Waals surface area contributed by atoms with Crippen molar-refractivity contribution in [3.8, 4) is 0 Å². The maximum atomic E-state index is 13.2. The van der Waals surface area contributed by atoms with Gasteiger partial charge < -0.3 is 19.9 Å². The Bertz CT molecular complexity index is 1190. The summed E-state index contributed by atoms with van der Waals surface area (Å²) in [6.07, 6.45) is -6.06. The van der Waals surface area contributed by atoms with Gasteiger partial charge in [-0.1, -0.05) is 0 Å². The van der Waals surface area contributed by atoms with Gasteiger partial charge in [-0.3, -0.25) is 14.9 Å². The quantitative estimate of drug-likeness (QED) is 0.278. The summed E-state index contributed by atoms with van der Waals surface area (Å²) >= 11 is 0. The highest BCUT2D eigenvalue weighted by Gasteiger charge is 2.38. The predicted octanol–water partition coefficient (Wildman–Crippen LogP) is 5.12. The van der Waals surface area contributed by atoms with E-state index in [1.165, 1.54) is 18.3 Å². The fourth-order valence-electron chi connectivity index (χ4n) is 4.86. The van der Waals surface area contributed by atoms with Gasteiger partial charge in [0.15, 0.2) is 0 Å². The Balaban J connectivity index is 1.19. The molecular weight excluding hydrogens is 548 g/mol. The van der Waals surface area contributed by atoms with Crippen LogP contribution in [0.2, 0.25) is 0 Å². The smallest absolute Gasteiger partial charge is 0.382 e. The lowest BCUT2D eigenvalue weighted by molar-refractivity contribution is -0.388. The molecule has 0 bridgehead atoms. The molecule has 1 aromatic heterocycles. The first kappa shape index (κ1) is 29.4. The second-order valence-electron chi connectivity index (χ2n) is 9.68. The number of hydrogen-bond acceptors (Lipinski definition) is 7. The van der Waals surface area contributed by atoms with E-state index in [1.54, 1.807) is 4.90 Å². The summed E-state index contributed by atoms with van der Waals surface area (Å²) in [6, 6.07) is 4.97. The number of carbonyl (C=O) groups excluding carboxylic acids is 1. The summed E-state index contributed by atoms with van der Waals surface area (Å²) in [5.74, 6) is -0.198. The number of ether oxygens (including phenoxy) is 1. The molecule has 2 aliphatic rings. The van der Waals surface area contributed by atoms with E-state index in [-0.39, 0.29) is 30.3 Å². The number of halogens is 6. The van der Waals surface area contributed by atoms with E-state index in [0.717, 1.165) is 18.2 Å². The number of rotatable bonds is 7. The first-order valence-electron chi connectivity index (χ1n) is 12.6. The van der Waals surface area contributed by atoms with Crippen LogP contribution < -0.4 is 10.2 Å². The van der Waals surface area contributed by atoms with Crippen LogP contribution in [-0.4, -0.2) is 65.6 Å². The number of piperazine rings is 1. The van der Waals surface area contributed by atoms with E-state index in [0.29, 0.717) is 57.5 Å². The average Bonchev–Trinajstić information content (AvgIpc) is 2.91. The number of benzene rings is 1. The zero-order chi connectivity index (χ0) is 29.1. The van der Waals surface area contributed by atoms with Crippen LogP contribution in [0.15, 0.2) is 36.5 Å². The molecule has 1 aliphatic heterocycles. The number of nitrogens with zero attached hydrogens (tertiary/aromatic N) is 4. The van der Waals surface area contributed by atoms with Crippen LogP contribution in [0.25, 0.3) is 0 Å². The standard InChI is InChI=1S/C25H27F6N5O4/c26-24(27,28)20-13-17(3-7-21(20)36(38)39)33-16-1-5-19(6-2-16)40-15-23(37)35-11-9-34(10-12-35)18-4-8-22(32-14-18)25(29,30)31/h3-4,7-8,13-14,16,19,33H,1-2,5-6,9-12,15H2/t16-,19-. The van der Waals surface area contributed by atoms with Crippen LogP contribution in [0, 0.1) is 10.1 Å². The Morgan fingerprint density at radius 2 is 1.68 bits per heavy atom. The molecule has 0 atom stereocenters. The molecule has 2 heterocycles. The van der Waals surface area contributed by atoms with Gasteiger partial charge in [-0.25, -0.2) is 4.98 Å². The highest BCUT2D eigenvalue weighted by Crippen LogP contribution is 2.38. The molecule has 218 valence electrons. The molecule has 1 aliphatic carbocycles. The van der Waals surface area contributed by atoms with Crippen molar-refractivity contribution in [2.45, 2.75) is 50.2 Å². The number of nitrogens with one attached hydrogen (secondary N) is 1. The molecular formula is C25H27F6N5O4. The molecule has 1 saturated carbocycles. The van der Waals surface area contributed by atoms with Gasteiger partial charge >= 0.3 is 12.4 Å². The van der Waals surface area contributed by atoms with Gasteiger partial charge in [0, 0.05) is 44.0 Å². The van der Waals surface area contributed by atoms with Crippen LogP contribution in [0.5, 0.6) is 0 Å². The van der Waals surface area contributed by atoms with Crippen molar-refractivity contribution in [1.82, 2.24) is 9.88 Å². The van der Waals surface area contributed by atoms with Crippen molar-refractivity contribution in [3.05, 3.63) is 57.9 Å². The molecule has 1 saturated heterocycles. The molecule has 1 N–H and O–H groups in total. The molecule has 15 heteroatoms. The summed E-state index contributed by atoms with van der Waals surface area (Å²) in [5.41, 5.74) is -2.59. The van der Waals surface area contributed by atoms with Gasteiger partial charge in [0.05, 0.1) is 22.9 Å². The molecule has 9 nitrogen and oxygen atoms in total. The minimum Gasteiger partial charge on any atom is -0.382 e. The maximum Gasteiger partial charge on any atom is 0.433 e. The molecule has 0 unspecified atom stereocenters. The molecule has 2 aromatic rings. The van der Waals surface area contributed by atoms with Gasteiger partial charge in [0.1, 0.15) is 17.9 Å². The van der Waals surface area contributed by atoms with Crippen LogP contribution in [0.1, 0.15) is 36.9 Å². The average molecular weight is 576 g/mol. The van der Waals surface area contributed by atoms with E-state index < -0.39 is 34.2 Å². The minimum absolute atomic E-state index is 0.123. The molecule has 0 spiro atoms. The minimum atomic E-state index is -4.86. The number of anilines is 2. The summed E-state index contributed by atoms with van der Waals surface area (Å²) in [6.45, 7) is 1.52. The molecule has 2 fully saturated rings. The summed E-state index contributed by atoms with van der Waals surface area (Å²) < 4.78 is 83.6. The van der Waals surface area contributed by atoms with Crippen molar-refractivity contribution in [3.63, 3.8) is 0 Å². The molecule has 1 aromatic carbocycles. The molecule has 40 heavy (non-hydrogen) atoms. The highest BCUT2D eigenvalue weighted by molar-refractivity contribution is 5.77. The lowest BCUT2D eigenvalue weighted by atomic mass is 9.92. The van der Waals surface area contributed by atoms with Gasteiger partial charge in [-0.2, -0.15) is 26.3 Å². The lowest BCUT2D eigenvalue weighted by Gasteiger charge is -2.36. The van der Waals surface area contributed by atoms with E-state index in [4.69, 9.17) is 4.74 Å². The maximum absolute atomic E-state index is 13.2. The highest BCUT2D eigenvalue weighted by atomic mass is 19.4. The number of pyridine rings is 1. The predicted molar refractivity (Wildman–Crippen MR) is 132 cm³/mol. The van der Waals surface area contributed by atoms with Crippen LogP contribution in [0.4, 0.5) is 43.4 Å². The number of carbonyl (C=O) groups is 1. The number of alkyl halides is 6. The van der Waals surface area contributed by atoms with Gasteiger partial charge in [-0.05, 0) is 49.9 Å². The van der Waals surface area contributed by atoms with E-state index in [1.807, 2.05) is 4.90 Å². The second-order valence-corrected chi connectivity index (χ2v) is 9.68. The first-order valence-corrected chi connectivity index (χ1v) is 12.6. The lowest BCUT2D eigenvalue weighted by Crippen LogP contribution is -2.50. The number of amides is 1. The fourth-order valence-corrected chi connectivity index (χ4v) is 4.86. The largest absolute Gasteiger partial charge is 0.433 e. The van der Waals surface area contributed by atoms with Crippen molar-refractivity contribution in [2.24, 2.45) is 0 Å². The Labute approximate surface area is 225 Å². The summed E-state index contributed by atoms with van der Waals surface area (Å²) in [7, 11) is 0. The normalized spacial score (nSPS) is 20.4. The zero-order valence-corrected chi connectivity index (χ0v) is 21.2. The third kappa shape index (κ3) is 7.31.